The topological polar surface area (TPSA) is 113 Å². The third-order valence-electron chi connectivity index (χ3n) is 6.18. The maximum atomic E-state index is 12.3. The quantitative estimate of drug-likeness (QED) is 0.137. The molecule has 0 bridgehead atoms. The van der Waals surface area contributed by atoms with Crippen molar-refractivity contribution in [3.8, 4) is 0 Å². The molecule has 1 N–H and O–H groups in total. The molecule has 1 heterocycles. The number of hydrogen-bond donors (Lipinski definition) is 1. The summed E-state index contributed by atoms with van der Waals surface area (Å²) in [6.45, 7) is 5.48. The summed E-state index contributed by atoms with van der Waals surface area (Å²) >= 11 is 1.03. The minimum Gasteiger partial charge on any atom is -0.543 e. The van der Waals surface area contributed by atoms with E-state index in [0.29, 0.717) is 6.42 Å². The fraction of sp³-hybridized carbons (Fsp3) is 0.200. The van der Waals surface area contributed by atoms with Crippen molar-refractivity contribution in [3.05, 3.63) is 119 Å². The minimum absolute atomic E-state index is 0. The molecule has 1 aromatic heterocycles. The van der Waals surface area contributed by atoms with Gasteiger partial charge in [-0.25, -0.2) is 9.78 Å². The number of carbonyl (C=O) groups is 2. The molecule has 1 amide bonds. The van der Waals surface area contributed by atoms with Gasteiger partial charge in [-0.05, 0) is 20.3 Å². The van der Waals surface area contributed by atoms with Crippen LogP contribution in [0.4, 0.5) is 9.93 Å². The van der Waals surface area contributed by atoms with Crippen molar-refractivity contribution in [2.75, 3.05) is 5.32 Å². The Balaban J connectivity index is 0.00000441. The van der Waals surface area contributed by atoms with E-state index in [4.69, 9.17) is 9.57 Å². The third-order valence-corrected chi connectivity index (χ3v) is 6.94. The van der Waals surface area contributed by atoms with E-state index < -0.39 is 29.0 Å². The van der Waals surface area contributed by atoms with Crippen LogP contribution in [0, 0.1) is 0 Å². The molecule has 3 aromatic carbocycles. The zero-order valence-corrected chi connectivity index (χ0v) is 25.6. The summed E-state index contributed by atoms with van der Waals surface area (Å²) in [6.07, 6.45) is -0.0730. The molecule has 4 rings (SSSR count). The number of aliphatic carboxylic acids is 1. The number of amides is 1. The van der Waals surface area contributed by atoms with Crippen molar-refractivity contribution in [3.63, 3.8) is 0 Å². The number of ether oxygens (including phenoxy) is 1. The molecule has 200 valence electrons. The van der Waals surface area contributed by atoms with Gasteiger partial charge in [0.2, 0.25) is 5.60 Å². The van der Waals surface area contributed by atoms with E-state index in [2.05, 4.69) is 15.5 Å². The van der Waals surface area contributed by atoms with Crippen LogP contribution in [0.2, 0.25) is 0 Å². The number of nitrogens with zero attached hydrogens (tertiary/aromatic N) is 2. The average Bonchev–Trinajstić information content (AvgIpc) is 3.39. The molecule has 8 nitrogen and oxygen atoms in total. The van der Waals surface area contributed by atoms with Gasteiger partial charge in [0.05, 0.1) is 5.97 Å². The smallest absolute Gasteiger partial charge is 0.543 e. The molecule has 0 radical (unpaired) electrons. The predicted octanol–water partition coefficient (Wildman–Crippen LogP) is 2.35. The Hall–Kier alpha value is -3.50. The first-order chi connectivity index (χ1) is 18.7. The normalized spacial score (nSPS) is 11.7. The second-order valence-corrected chi connectivity index (χ2v) is 10.1. The van der Waals surface area contributed by atoms with Crippen LogP contribution in [-0.4, -0.2) is 28.4 Å². The van der Waals surface area contributed by atoms with Crippen LogP contribution in [0.25, 0.3) is 0 Å². The monoisotopic (exact) mass is 565 g/mol. The number of oxime groups is 1. The molecule has 0 atom stereocenters. The van der Waals surface area contributed by atoms with Gasteiger partial charge in [0.15, 0.2) is 10.8 Å². The number of benzene rings is 3. The van der Waals surface area contributed by atoms with Crippen molar-refractivity contribution >= 4 is 34.2 Å². The summed E-state index contributed by atoms with van der Waals surface area (Å²) < 4.78 is 5.38. The first-order valence-corrected chi connectivity index (χ1v) is 13.2. The second kappa shape index (κ2) is 13.7. The largest absolute Gasteiger partial charge is 1.00 e. The maximum absolute atomic E-state index is 12.3. The van der Waals surface area contributed by atoms with E-state index in [1.807, 2.05) is 97.9 Å². The van der Waals surface area contributed by atoms with Gasteiger partial charge in [-0.3, -0.25) is 5.32 Å². The Morgan fingerprint density at radius 3 is 1.80 bits per heavy atom. The second-order valence-electron chi connectivity index (χ2n) is 9.26. The van der Waals surface area contributed by atoms with E-state index in [9.17, 15) is 14.7 Å². The van der Waals surface area contributed by atoms with Crippen LogP contribution in [-0.2, 0) is 20.0 Å². The number of aromatic nitrogens is 1. The number of thiazole rings is 1. The molecular weight excluding hydrogens is 537 g/mol. The van der Waals surface area contributed by atoms with Crippen molar-refractivity contribution in [1.29, 1.82) is 0 Å². The Kier molecular flexibility index (Phi) is 10.6. The summed E-state index contributed by atoms with van der Waals surface area (Å²) in [7, 11) is 0. The van der Waals surface area contributed by atoms with E-state index in [0.717, 1.165) is 28.0 Å². The van der Waals surface area contributed by atoms with Crippen molar-refractivity contribution < 1.29 is 53.8 Å². The van der Waals surface area contributed by atoms with Crippen LogP contribution < -0.4 is 40.0 Å². The van der Waals surface area contributed by atoms with Crippen LogP contribution in [0.15, 0.2) is 102 Å². The summed E-state index contributed by atoms with van der Waals surface area (Å²) in [5, 5.41) is 20.5. The number of anilines is 1. The first kappa shape index (κ1) is 31.0. The molecule has 0 spiro atoms. The van der Waals surface area contributed by atoms with E-state index in [-0.39, 0.29) is 40.4 Å². The number of rotatable bonds is 10. The van der Waals surface area contributed by atoms with Gasteiger partial charge in [0.25, 0.3) is 0 Å². The maximum Gasteiger partial charge on any atom is 1.00 e. The fourth-order valence-corrected chi connectivity index (χ4v) is 4.54. The van der Waals surface area contributed by atoms with E-state index in [1.165, 1.54) is 5.38 Å². The van der Waals surface area contributed by atoms with E-state index >= 15 is 0 Å². The Morgan fingerprint density at radius 1 is 0.900 bits per heavy atom. The van der Waals surface area contributed by atoms with Crippen LogP contribution in [0.1, 0.15) is 49.6 Å². The Bertz CT molecular complexity index is 1350. The molecule has 0 aliphatic carbocycles. The summed E-state index contributed by atoms with van der Waals surface area (Å²) in [5.74, 6) is -1.58. The summed E-state index contributed by atoms with van der Waals surface area (Å²) in [5.41, 5.74) is -0.258. The molecule has 40 heavy (non-hydrogen) atoms. The molecule has 0 unspecified atom stereocenters. The number of carboxylic acids is 1. The number of carbonyl (C=O) groups excluding carboxylic acids is 2. The molecular formula is C30H28N3NaO5S. The SMILES string of the molecule is CCC(C)(C)OC(=O)Nc1nc(C(=NOC(c2ccccc2)(c2ccccc2)c2ccccc2)C(=O)[O-])cs1.[Na+]. The number of nitrogens with one attached hydrogen (secondary N) is 1. The van der Waals surface area contributed by atoms with Gasteiger partial charge in [-0.2, -0.15) is 0 Å². The van der Waals surface area contributed by atoms with Crippen molar-refractivity contribution in [1.82, 2.24) is 4.98 Å². The summed E-state index contributed by atoms with van der Waals surface area (Å²) in [6, 6.07) is 28.3. The van der Waals surface area contributed by atoms with Gasteiger partial charge >= 0.3 is 35.7 Å². The van der Waals surface area contributed by atoms with Crippen LogP contribution >= 0.6 is 11.3 Å². The fourth-order valence-electron chi connectivity index (χ4n) is 3.86. The Labute approximate surface area is 259 Å². The number of hydrogen-bond acceptors (Lipinski definition) is 8. The van der Waals surface area contributed by atoms with E-state index in [1.54, 1.807) is 13.8 Å². The molecule has 4 aromatic rings. The minimum atomic E-state index is -1.58. The van der Waals surface area contributed by atoms with Crippen LogP contribution in [0.5, 0.6) is 0 Å². The zero-order chi connectivity index (χ0) is 27.9. The van der Waals surface area contributed by atoms with Gasteiger partial charge < -0.3 is 19.5 Å². The van der Waals surface area contributed by atoms with Gasteiger partial charge in [-0.15, -0.1) is 11.3 Å². The average molecular weight is 566 g/mol. The number of carboxylic acid groups (broad SMARTS) is 1. The first-order valence-electron chi connectivity index (χ1n) is 12.3. The molecule has 0 saturated heterocycles. The van der Waals surface area contributed by atoms with Crippen molar-refractivity contribution in [2.24, 2.45) is 5.16 Å². The molecule has 0 aliphatic heterocycles. The van der Waals surface area contributed by atoms with Gasteiger partial charge in [0, 0.05) is 22.1 Å². The molecule has 0 aliphatic rings. The predicted molar refractivity (Wildman–Crippen MR) is 148 cm³/mol. The Morgan fingerprint density at radius 2 is 1.38 bits per heavy atom. The van der Waals surface area contributed by atoms with Gasteiger partial charge in [-0.1, -0.05) is 103 Å². The van der Waals surface area contributed by atoms with Gasteiger partial charge in [0.1, 0.15) is 11.3 Å². The zero-order valence-electron chi connectivity index (χ0n) is 22.8. The third kappa shape index (κ3) is 7.17. The van der Waals surface area contributed by atoms with Crippen LogP contribution in [0.3, 0.4) is 0 Å². The van der Waals surface area contributed by atoms with Crippen molar-refractivity contribution in [2.45, 2.75) is 38.4 Å². The molecule has 10 heteroatoms. The molecule has 0 saturated carbocycles. The summed E-state index contributed by atoms with van der Waals surface area (Å²) in [4.78, 5) is 35.0. The molecule has 0 fully saturated rings. The standard InChI is InChI=1S/C30H29N3O5S.Na/c1-4-29(2,3)37-28(36)32-27-31-24(20-39-27)25(26(34)35)33-38-30(21-14-8-5-9-15-21,22-16-10-6-11-17-22)23-18-12-7-13-19-23;/h5-20H,4H2,1-3H3,(H,34,35)(H,31,32,36);/q;+1/p-1.